The molecule has 0 aliphatic rings. The van der Waals surface area contributed by atoms with Crippen molar-refractivity contribution in [1.29, 1.82) is 0 Å². The summed E-state index contributed by atoms with van der Waals surface area (Å²) in [5.74, 6) is 0.349. The molecule has 8 nitrogen and oxygen atoms in total. The second-order valence-electron chi connectivity index (χ2n) is 7.53. The van der Waals surface area contributed by atoms with Gasteiger partial charge in [-0.3, -0.25) is 4.79 Å². The van der Waals surface area contributed by atoms with Crippen molar-refractivity contribution in [2.45, 2.75) is 13.0 Å². The fourth-order valence-electron chi connectivity index (χ4n) is 3.15. The third-order valence-electron chi connectivity index (χ3n) is 4.89. The number of carbonyl (C=O) groups is 1. The van der Waals surface area contributed by atoms with Gasteiger partial charge in [-0.1, -0.05) is 65.4 Å². The quantitative estimate of drug-likeness (QED) is 0.147. The first kappa shape index (κ1) is 26.0. The summed E-state index contributed by atoms with van der Waals surface area (Å²) in [6.07, 6.45) is 1.28. The van der Waals surface area contributed by atoms with Gasteiger partial charge in [-0.2, -0.15) is 0 Å². The van der Waals surface area contributed by atoms with E-state index in [-0.39, 0.29) is 19.6 Å². The molecule has 8 heteroatoms. The van der Waals surface area contributed by atoms with Crippen LogP contribution in [0.5, 0.6) is 11.5 Å². The van der Waals surface area contributed by atoms with Crippen molar-refractivity contribution >= 4 is 17.4 Å². The van der Waals surface area contributed by atoms with Crippen LogP contribution >= 0.6 is 0 Å². The molecule has 0 saturated heterocycles. The summed E-state index contributed by atoms with van der Waals surface area (Å²) in [4.78, 5) is 21.1. The smallest absolute Gasteiger partial charge is 0.309 e. The van der Waals surface area contributed by atoms with Crippen LogP contribution in [0, 0.1) is 0 Å². The molecule has 0 aromatic heterocycles. The number of aliphatic carboxylic acids is 1. The average Bonchev–Trinajstić information content (AvgIpc) is 2.90. The van der Waals surface area contributed by atoms with Crippen LogP contribution in [-0.2, 0) is 21.1 Å². The Kier molecular flexibility index (Phi) is 10.1. The average molecular weight is 489 g/mol. The van der Waals surface area contributed by atoms with Crippen molar-refractivity contribution in [3.05, 3.63) is 108 Å². The molecule has 0 saturated carbocycles. The van der Waals surface area contributed by atoms with E-state index in [2.05, 4.69) is 16.9 Å². The molecular weight excluding hydrogens is 460 g/mol. The van der Waals surface area contributed by atoms with Gasteiger partial charge in [0, 0.05) is 11.1 Å². The van der Waals surface area contributed by atoms with Gasteiger partial charge in [0.15, 0.2) is 0 Å². The predicted octanol–water partition coefficient (Wildman–Crippen LogP) is 5.08. The monoisotopic (exact) mass is 488 g/mol. The first-order valence-electron chi connectivity index (χ1n) is 11.2. The molecule has 3 rings (SSSR count). The first-order chi connectivity index (χ1) is 17.6. The normalized spacial score (nSPS) is 11.5. The molecular formula is C28H28N2O6. The highest BCUT2D eigenvalue weighted by molar-refractivity contribution is 6.08. The third-order valence-corrected chi connectivity index (χ3v) is 4.89. The van der Waals surface area contributed by atoms with Crippen molar-refractivity contribution < 1.29 is 29.0 Å². The van der Waals surface area contributed by atoms with Crippen molar-refractivity contribution in [1.82, 2.24) is 0 Å². The van der Waals surface area contributed by atoms with Crippen LogP contribution in [0.25, 0.3) is 0 Å². The summed E-state index contributed by atoms with van der Waals surface area (Å²) in [6.45, 7) is 4.37. The van der Waals surface area contributed by atoms with Crippen LogP contribution in [0.1, 0.15) is 23.1 Å². The van der Waals surface area contributed by atoms with E-state index in [0.717, 1.165) is 11.1 Å². The molecule has 1 N–H and O–H groups in total. The maximum absolute atomic E-state index is 11.1. The number of ether oxygens (including phenoxy) is 2. The van der Waals surface area contributed by atoms with Crippen LogP contribution in [0.15, 0.2) is 102 Å². The fraction of sp³-hybridized carbons (Fsp3) is 0.179. The molecule has 0 amide bonds. The van der Waals surface area contributed by atoms with Gasteiger partial charge in [0.25, 0.3) is 0 Å². The maximum atomic E-state index is 11.1. The number of oxime groups is 2. The largest absolute Gasteiger partial charge is 0.489 e. The van der Waals surface area contributed by atoms with E-state index in [1.807, 2.05) is 54.6 Å². The molecule has 0 atom stereocenters. The molecule has 36 heavy (non-hydrogen) atoms. The molecule has 0 unspecified atom stereocenters. The number of nitrogens with zero attached hydrogens (tertiary/aromatic N) is 2. The van der Waals surface area contributed by atoms with E-state index < -0.39 is 5.97 Å². The predicted molar refractivity (Wildman–Crippen MR) is 138 cm³/mol. The molecule has 0 aliphatic carbocycles. The molecule has 3 aromatic rings. The minimum Gasteiger partial charge on any atom is -0.489 e. The third kappa shape index (κ3) is 8.32. The summed E-state index contributed by atoms with van der Waals surface area (Å²) >= 11 is 0. The number of carboxylic acids is 1. The lowest BCUT2D eigenvalue weighted by molar-refractivity contribution is -0.135. The van der Waals surface area contributed by atoms with E-state index in [9.17, 15) is 4.79 Å². The van der Waals surface area contributed by atoms with Gasteiger partial charge >= 0.3 is 5.97 Å². The minimum atomic E-state index is -0.994. The zero-order chi connectivity index (χ0) is 25.6. The maximum Gasteiger partial charge on any atom is 0.309 e. The van der Waals surface area contributed by atoms with Crippen molar-refractivity contribution in [2.24, 2.45) is 10.3 Å². The number of benzene rings is 3. The van der Waals surface area contributed by atoms with Crippen LogP contribution in [0.2, 0.25) is 0 Å². The Morgan fingerprint density at radius 3 is 2.14 bits per heavy atom. The van der Waals surface area contributed by atoms with Crippen LogP contribution in [0.3, 0.4) is 0 Å². The van der Waals surface area contributed by atoms with Gasteiger partial charge in [-0.15, -0.1) is 0 Å². The van der Waals surface area contributed by atoms with Gasteiger partial charge in [-0.05, 0) is 42.0 Å². The Bertz CT molecular complexity index is 1170. The number of rotatable bonds is 14. The van der Waals surface area contributed by atoms with Gasteiger partial charge in [0.05, 0.1) is 12.1 Å². The zero-order valence-corrected chi connectivity index (χ0v) is 20.0. The lowest BCUT2D eigenvalue weighted by Crippen LogP contribution is -2.13. The van der Waals surface area contributed by atoms with Crippen molar-refractivity contribution in [2.75, 3.05) is 20.3 Å². The topological polar surface area (TPSA) is 98.9 Å². The SMILES string of the molecule is C=CCON=C(CC(=O)O)c1ccc(OCc2ccc(OCC(=NOC)c3ccccc3)cc2)cc1. The molecule has 186 valence electrons. The Hall–Kier alpha value is -4.59. The summed E-state index contributed by atoms with van der Waals surface area (Å²) in [5.41, 5.74) is 3.55. The number of carboxylic acid groups (broad SMARTS) is 1. The van der Waals surface area contributed by atoms with Gasteiger partial charge in [-0.25, -0.2) is 0 Å². The second kappa shape index (κ2) is 14.0. The highest BCUT2D eigenvalue weighted by Gasteiger charge is 2.11. The van der Waals surface area contributed by atoms with E-state index in [0.29, 0.717) is 35.1 Å². The number of hydrogen-bond donors (Lipinski definition) is 1. The molecule has 0 spiro atoms. The van der Waals surface area contributed by atoms with Crippen LogP contribution < -0.4 is 9.47 Å². The van der Waals surface area contributed by atoms with Gasteiger partial charge < -0.3 is 24.3 Å². The zero-order valence-electron chi connectivity index (χ0n) is 20.0. The van der Waals surface area contributed by atoms with Crippen LogP contribution in [-0.4, -0.2) is 42.8 Å². The highest BCUT2D eigenvalue weighted by Crippen LogP contribution is 2.18. The van der Waals surface area contributed by atoms with Gasteiger partial charge in [0.2, 0.25) is 0 Å². The first-order valence-corrected chi connectivity index (χ1v) is 11.2. The highest BCUT2D eigenvalue weighted by atomic mass is 16.6. The Balaban J connectivity index is 1.54. The van der Waals surface area contributed by atoms with Gasteiger partial charge in [0.1, 0.15) is 44.1 Å². The van der Waals surface area contributed by atoms with E-state index in [1.165, 1.54) is 13.2 Å². The summed E-state index contributed by atoms with van der Waals surface area (Å²) < 4.78 is 11.7. The lowest BCUT2D eigenvalue weighted by atomic mass is 10.1. The number of hydrogen-bond acceptors (Lipinski definition) is 7. The van der Waals surface area contributed by atoms with Crippen molar-refractivity contribution in [3.8, 4) is 11.5 Å². The molecule has 0 fully saturated rings. The van der Waals surface area contributed by atoms with E-state index in [4.69, 9.17) is 24.3 Å². The Labute approximate surface area is 210 Å². The molecule has 0 aliphatic heterocycles. The minimum absolute atomic E-state index is 0.197. The Morgan fingerprint density at radius 1 is 0.861 bits per heavy atom. The summed E-state index contributed by atoms with van der Waals surface area (Å²) in [6, 6.07) is 24.3. The fourth-order valence-corrected chi connectivity index (χ4v) is 3.15. The molecule has 0 radical (unpaired) electrons. The standard InChI is InChI=1S/C28H28N2O6/c1-3-17-36-30-26(18-28(31)32)23-11-15-25(16-12-23)34-19-21-9-13-24(14-10-21)35-20-27(29-33-2)22-7-5-4-6-8-22/h3-16H,1,17-20H2,2H3,(H,31,32). The van der Waals surface area contributed by atoms with Crippen molar-refractivity contribution in [3.63, 3.8) is 0 Å². The lowest BCUT2D eigenvalue weighted by Gasteiger charge is -2.11. The second-order valence-corrected chi connectivity index (χ2v) is 7.53. The molecule has 0 heterocycles. The van der Waals surface area contributed by atoms with E-state index in [1.54, 1.807) is 24.3 Å². The van der Waals surface area contributed by atoms with Crippen LogP contribution in [0.4, 0.5) is 0 Å². The molecule has 0 bridgehead atoms. The Morgan fingerprint density at radius 2 is 1.50 bits per heavy atom. The van der Waals surface area contributed by atoms with E-state index >= 15 is 0 Å². The summed E-state index contributed by atoms with van der Waals surface area (Å²) in [7, 11) is 1.51. The molecule has 3 aromatic carbocycles. The summed E-state index contributed by atoms with van der Waals surface area (Å²) in [5, 5.41) is 17.1.